The van der Waals surface area contributed by atoms with Crippen LogP contribution >= 0.6 is 0 Å². The maximum Gasteiger partial charge on any atom is 0.292 e. The summed E-state index contributed by atoms with van der Waals surface area (Å²) < 4.78 is 12.9. The number of nitrogen functional groups attached to an aromatic ring is 1. The number of amides is 1. The second kappa shape index (κ2) is 7.05. The molecule has 7 nitrogen and oxygen atoms in total. The molecule has 0 saturated carbocycles. The zero-order chi connectivity index (χ0) is 17.9. The zero-order valence-corrected chi connectivity index (χ0v) is 12.8. The molecule has 2 aromatic rings. The number of nitro benzene ring substituents is 1. The number of nitrogens with two attached hydrogens (primary N) is 1. The van der Waals surface area contributed by atoms with Crippen LogP contribution in [0.25, 0.3) is 0 Å². The lowest BCUT2D eigenvalue weighted by Crippen LogP contribution is -2.37. The van der Waals surface area contributed by atoms with Crippen LogP contribution in [0.3, 0.4) is 0 Å². The summed E-state index contributed by atoms with van der Waals surface area (Å²) in [6, 6.07) is 8.40. The Morgan fingerprint density at radius 2 is 1.92 bits per heavy atom. The van der Waals surface area contributed by atoms with E-state index in [1.54, 1.807) is 6.92 Å². The fourth-order valence-electron chi connectivity index (χ4n) is 2.22. The molecule has 0 heterocycles. The number of anilines is 1. The van der Waals surface area contributed by atoms with Crippen LogP contribution in [0.4, 0.5) is 15.8 Å². The zero-order valence-electron chi connectivity index (χ0n) is 12.8. The second-order valence-electron chi connectivity index (χ2n) is 5.25. The summed E-state index contributed by atoms with van der Waals surface area (Å²) in [7, 11) is 0. The van der Waals surface area contributed by atoms with E-state index in [-0.39, 0.29) is 16.9 Å². The lowest BCUT2D eigenvalue weighted by molar-refractivity contribution is -0.383. The number of para-hydroxylation sites is 1. The molecule has 2 rings (SSSR count). The van der Waals surface area contributed by atoms with Gasteiger partial charge in [0.1, 0.15) is 11.5 Å². The van der Waals surface area contributed by atoms with Gasteiger partial charge in [0.2, 0.25) is 0 Å². The van der Waals surface area contributed by atoms with E-state index in [0.29, 0.717) is 5.56 Å². The molecule has 2 atom stereocenters. The predicted molar refractivity (Wildman–Crippen MR) is 85.8 cm³/mol. The molecular weight excluding hydrogens is 317 g/mol. The molecule has 0 aliphatic carbocycles. The molecule has 0 aliphatic rings. The monoisotopic (exact) mass is 333 g/mol. The van der Waals surface area contributed by atoms with Gasteiger partial charge < -0.3 is 16.2 Å². The van der Waals surface area contributed by atoms with Crippen molar-refractivity contribution in [1.29, 1.82) is 0 Å². The Labute approximate surface area is 137 Å². The molecule has 2 unspecified atom stereocenters. The van der Waals surface area contributed by atoms with E-state index in [1.165, 1.54) is 42.5 Å². The number of nitro groups is 1. The minimum Gasteiger partial charge on any atom is -0.393 e. The normalized spacial score (nSPS) is 13.1. The molecule has 126 valence electrons. The van der Waals surface area contributed by atoms with Crippen LogP contribution in [-0.4, -0.2) is 22.0 Å². The van der Waals surface area contributed by atoms with Crippen LogP contribution in [0.1, 0.15) is 28.9 Å². The highest BCUT2D eigenvalue weighted by atomic mass is 19.1. The quantitative estimate of drug-likeness (QED) is 0.440. The third kappa shape index (κ3) is 3.66. The standard InChI is InChI=1S/C16H16FN3O4/c1-9(15(21)10-5-7-11(17)8-6-10)19-16(22)12-3-2-4-13(14(12)18)20(23)24/h2-9,15,21H,18H2,1H3,(H,19,22). The van der Waals surface area contributed by atoms with Gasteiger partial charge in [-0.1, -0.05) is 18.2 Å². The second-order valence-corrected chi connectivity index (χ2v) is 5.25. The number of halogens is 1. The first-order chi connectivity index (χ1) is 11.3. The van der Waals surface area contributed by atoms with E-state index in [2.05, 4.69) is 5.32 Å². The lowest BCUT2D eigenvalue weighted by Gasteiger charge is -2.21. The molecule has 1 amide bonds. The Kier molecular flexibility index (Phi) is 5.10. The van der Waals surface area contributed by atoms with Gasteiger partial charge in [-0.05, 0) is 30.7 Å². The van der Waals surface area contributed by atoms with Crippen LogP contribution in [0, 0.1) is 15.9 Å². The summed E-state index contributed by atoms with van der Waals surface area (Å²) in [6.07, 6.45) is -1.07. The number of carbonyl (C=O) groups excluding carboxylic acids is 1. The third-order valence-corrected chi connectivity index (χ3v) is 3.57. The van der Waals surface area contributed by atoms with Crippen molar-refractivity contribution in [3.8, 4) is 0 Å². The first-order valence-corrected chi connectivity index (χ1v) is 7.08. The number of benzene rings is 2. The summed E-state index contributed by atoms with van der Waals surface area (Å²) >= 11 is 0. The summed E-state index contributed by atoms with van der Waals surface area (Å²) in [6.45, 7) is 1.56. The Hall–Kier alpha value is -3.00. The SMILES string of the molecule is CC(NC(=O)c1cccc([N+](=O)[O-])c1N)C(O)c1ccc(F)cc1. The minimum absolute atomic E-state index is 0.0534. The van der Waals surface area contributed by atoms with Crippen molar-refractivity contribution < 1.29 is 19.2 Å². The molecule has 0 aliphatic heterocycles. The molecule has 0 spiro atoms. The topological polar surface area (TPSA) is 118 Å². The number of hydrogen-bond acceptors (Lipinski definition) is 5. The van der Waals surface area contributed by atoms with Gasteiger partial charge in [0.05, 0.1) is 22.6 Å². The van der Waals surface area contributed by atoms with Crippen molar-refractivity contribution >= 4 is 17.3 Å². The smallest absolute Gasteiger partial charge is 0.292 e. The number of rotatable bonds is 5. The first kappa shape index (κ1) is 17.4. The average Bonchev–Trinajstić information content (AvgIpc) is 2.54. The van der Waals surface area contributed by atoms with Crippen LogP contribution < -0.4 is 11.1 Å². The summed E-state index contributed by atoms with van der Waals surface area (Å²) in [5.74, 6) is -1.09. The van der Waals surface area contributed by atoms with E-state index in [9.17, 15) is 24.4 Å². The van der Waals surface area contributed by atoms with Crippen LogP contribution in [0.15, 0.2) is 42.5 Å². The maximum absolute atomic E-state index is 12.9. The molecule has 4 N–H and O–H groups in total. The molecule has 0 saturated heterocycles. The average molecular weight is 333 g/mol. The molecule has 0 bridgehead atoms. The van der Waals surface area contributed by atoms with E-state index in [1.807, 2.05) is 0 Å². The number of nitrogens with one attached hydrogen (secondary N) is 1. The van der Waals surface area contributed by atoms with Crippen molar-refractivity contribution in [2.45, 2.75) is 19.1 Å². The van der Waals surface area contributed by atoms with Gasteiger partial charge in [0.15, 0.2) is 0 Å². The van der Waals surface area contributed by atoms with Gasteiger partial charge in [0.25, 0.3) is 11.6 Å². The summed E-state index contributed by atoms with van der Waals surface area (Å²) in [5.41, 5.74) is 5.42. The first-order valence-electron chi connectivity index (χ1n) is 7.08. The molecule has 0 fully saturated rings. The molecule has 2 aromatic carbocycles. The van der Waals surface area contributed by atoms with Gasteiger partial charge in [-0.15, -0.1) is 0 Å². The van der Waals surface area contributed by atoms with Crippen molar-refractivity contribution in [3.05, 3.63) is 69.5 Å². The number of carbonyl (C=O) groups is 1. The number of aliphatic hydroxyl groups excluding tert-OH is 1. The highest BCUT2D eigenvalue weighted by Gasteiger charge is 2.23. The van der Waals surface area contributed by atoms with E-state index >= 15 is 0 Å². The highest BCUT2D eigenvalue weighted by molar-refractivity contribution is 6.01. The number of nitrogens with zero attached hydrogens (tertiary/aromatic N) is 1. The maximum atomic E-state index is 12.9. The van der Waals surface area contributed by atoms with Crippen LogP contribution in [0.5, 0.6) is 0 Å². The Morgan fingerprint density at radius 3 is 2.50 bits per heavy atom. The third-order valence-electron chi connectivity index (χ3n) is 3.57. The van der Waals surface area contributed by atoms with E-state index in [4.69, 9.17) is 5.73 Å². The Balaban J connectivity index is 2.15. The van der Waals surface area contributed by atoms with E-state index < -0.39 is 28.8 Å². The molecule has 24 heavy (non-hydrogen) atoms. The van der Waals surface area contributed by atoms with Crippen LogP contribution in [-0.2, 0) is 0 Å². The predicted octanol–water partition coefficient (Wildman–Crippen LogP) is 2.17. The Bertz CT molecular complexity index is 764. The number of aliphatic hydroxyl groups is 1. The van der Waals surface area contributed by atoms with Gasteiger partial charge in [-0.25, -0.2) is 4.39 Å². The lowest BCUT2D eigenvalue weighted by atomic mass is 10.0. The summed E-state index contributed by atoms with van der Waals surface area (Å²) in [5, 5.41) is 23.6. The fourth-order valence-corrected chi connectivity index (χ4v) is 2.22. The minimum atomic E-state index is -1.07. The van der Waals surface area contributed by atoms with Crippen molar-refractivity contribution in [2.75, 3.05) is 5.73 Å². The largest absolute Gasteiger partial charge is 0.393 e. The van der Waals surface area contributed by atoms with Crippen LogP contribution in [0.2, 0.25) is 0 Å². The number of hydrogen-bond donors (Lipinski definition) is 3. The molecule has 8 heteroatoms. The van der Waals surface area contributed by atoms with Gasteiger partial charge in [0, 0.05) is 6.07 Å². The molecule has 0 radical (unpaired) electrons. The van der Waals surface area contributed by atoms with E-state index in [0.717, 1.165) is 0 Å². The van der Waals surface area contributed by atoms with Gasteiger partial charge >= 0.3 is 0 Å². The molecular formula is C16H16FN3O4. The fraction of sp³-hybridized carbons (Fsp3) is 0.188. The van der Waals surface area contributed by atoms with Crippen molar-refractivity contribution in [2.24, 2.45) is 0 Å². The Morgan fingerprint density at radius 1 is 1.29 bits per heavy atom. The summed E-state index contributed by atoms with van der Waals surface area (Å²) in [4.78, 5) is 22.4. The van der Waals surface area contributed by atoms with Crippen molar-refractivity contribution in [1.82, 2.24) is 5.32 Å². The van der Waals surface area contributed by atoms with Gasteiger partial charge in [-0.2, -0.15) is 0 Å². The molecule has 0 aromatic heterocycles. The highest BCUT2D eigenvalue weighted by Crippen LogP contribution is 2.25. The van der Waals surface area contributed by atoms with Crippen molar-refractivity contribution in [3.63, 3.8) is 0 Å². The van der Waals surface area contributed by atoms with Gasteiger partial charge in [-0.3, -0.25) is 14.9 Å².